The summed E-state index contributed by atoms with van der Waals surface area (Å²) in [6, 6.07) is -0.173. The molecule has 0 radical (unpaired) electrons. The van der Waals surface area contributed by atoms with E-state index in [4.69, 9.17) is 11.6 Å². The van der Waals surface area contributed by atoms with E-state index in [1.807, 2.05) is 31.6 Å². The number of aryl methyl sites for hydroxylation is 3. The number of rotatable bonds is 7. The van der Waals surface area contributed by atoms with Crippen molar-refractivity contribution in [1.82, 2.24) is 24.9 Å². The molecule has 2 rings (SSSR count). The zero-order chi connectivity index (χ0) is 17.9. The summed E-state index contributed by atoms with van der Waals surface area (Å²) in [6.07, 6.45) is 3.39. The van der Waals surface area contributed by atoms with E-state index in [2.05, 4.69) is 15.5 Å². The van der Waals surface area contributed by atoms with Crippen molar-refractivity contribution in [2.75, 3.05) is 0 Å². The lowest BCUT2D eigenvalue weighted by Gasteiger charge is -2.12. The van der Waals surface area contributed by atoms with Gasteiger partial charge in [-0.1, -0.05) is 11.6 Å². The van der Waals surface area contributed by atoms with Crippen molar-refractivity contribution in [3.8, 4) is 0 Å². The SMILES string of the molecule is CCn1cc(C(C)NC(=O)CCn2cc(Cl)c([N+](=O)[O-])n2)c(C)n1. The van der Waals surface area contributed by atoms with Gasteiger partial charge in [0, 0.05) is 24.7 Å². The molecule has 0 bridgehead atoms. The molecule has 24 heavy (non-hydrogen) atoms. The molecule has 0 saturated heterocycles. The summed E-state index contributed by atoms with van der Waals surface area (Å²) in [4.78, 5) is 22.1. The van der Waals surface area contributed by atoms with Gasteiger partial charge in [0.25, 0.3) is 0 Å². The Morgan fingerprint density at radius 1 is 1.42 bits per heavy atom. The Morgan fingerprint density at radius 3 is 2.67 bits per heavy atom. The van der Waals surface area contributed by atoms with Gasteiger partial charge in [-0.2, -0.15) is 9.78 Å². The van der Waals surface area contributed by atoms with Crippen molar-refractivity contribution in [3.05, 3.63) is 38.8 Å². The van der Waals surface area contributed by atoms with Crippen LogP contribution >= 0.6 is 11.6 Å². The standard InChI is InChI=1S/C14H19ClN6O3/c1-4-19-7-11(10(3)17-19)9(2)16-13(22)5-6-20-8-12(15)14(18-20)21(23)24/h7-9H,4-6H2,1-3H3,(H,16,22). The van der Waals surface area contributed by atoms with Crippen molar-refractivity contribution in [1.29, 1.82) is 0 Å². The number of nitrogens with one attached hydrogen (secondary N) is 1. The van der Waals surface area contributed by atoms with E-state index >= 15 is 0 Å². The Bertz CT molecular complexity index is 754. The third-order valence-corrected chi connectivity index (χ3v) is 3.86. The predicted molar refractivity (Wildman–Crippen MR) is 87.7 cm³/mol. The van der Waals surface area contributed by atoms with Crippen LogP contribution in [0.25, 0.3) is 0 Å². The molecular weight excluding hydrogens is 336 g/mol. The molecule has 1 amide bonds. The van der Waals surface area contributed by atoms with E-state index in [9.17, 15) is 14.9 Å². The second kappa shape index (κ2) is 7.43. The van der Waals surface area contributed by atoms with Gasteiger partial charge in [0.05, 0.1) is 29.6 Å². The van der Waals surface area contributed by atoms with E-state index in [-0.39, 0.29) is 29.9 Å². The molecule has 0 spiro atoms. The fraction of sp³-hybridized carbons (Fsp3) is 0.500. The highest BCUT2D eigenvalue weighted by Crippen LogP contribution is 2.21. The largest absolute Gasteiger partial charge is 0.408 e. The molecule has 0 aromatic carbocycles. The summed E-state index contributed by atoms with van der Waals surface area (Å²) < 4.78 is 3.11. The van der Waals surface area contributed by atoms with Gasteiger partial charge in [-0.15, -0.1) is 0 Å². The molecule has 130 valence electrons. The molecule has 1 N–H and O–H groups in total. The first-order valence-electron chi connectivity index (χ1n) is 7.52. The topological polar surface area (TPSA) is 108 Å². The van der Waals surface area contributed by atoms with Crippen LogP contribution in [0, 0.1) is 17.0 Å². The molecule has 1 atom stereocenters. The van der Waals surface area contributed by atoms with Gasteiger partial charge in [-0.3, -0.25) is 9.48 Å². The number of carbonyl (C=O) groups is 1. The fourth-order valence-corrected chi connectivity index (χ4v) is 2.57. The molecular formula is C14H19ClN6O3. The molecule has 9 nitrogen and oxygen atoms in total. The Hall–Kier alpha value is -2.42. The number of halogens is 1. The summed E-state index contributed by atoms with van der Waals surface area (Å²) in [5.41, 5.74) is 1.84. The van der Waals surface area contributed by atoms with Crippen molar-refractivity contribution < 1.29 is 9.72 Å². The van der Waals surface area contributed by atoms with Gasteiger partial charge in [0.1, 0.15) is 0 Å². The van der Waals surface area contributed by atoms with E-state index in [0.29, 0.717) is 0 Å². The van der Waals surface area contributed by atoms with Crippen molar-refractivity contribution >= 4 is 23.3 Å². The van der Waals surface area contributed by atoms with Crippen LogP contribution in [0.2, 0.25) is 5.02 Å². The quantitative estimate of drug-likeness (QED) is 0.606. The summed E-state index contributed by atoms with van der Waals surface area (Å²) in [5, 5.41) is 21.6. The van der Waals surface area contributed by atoms with Gasteiger partial charge in [-0.05, 0) is 25.7 Å². The fourth-order valence-electron chi connectivity index (χ4n) is 2.35. The van der Waals surface area contributed by atoms with Gasteiger partial charge in [-0.25, -0.2) is 0 Å². The first-order chi connectivity index (χ1) is 11.3. The molecule has 10 heteroatoms. The van der Waals surface area contributed by atoms with Gasteiger partial charge >= 0.3 is 5.82 Å². The normalized spacial score (nSPS) is 12.2. The van der Waals surface area contributed by atoms with Gasteiger partial charge in [0.2, 0.25) is 5.91 Å². The van der Waals surface area contributed by atoms with E-state index in [0.717, 1.165) is 17.8 Å². The highest BCUT2D eigenvalue weighted by molar-refractivity contribution is 6.32. The van der Waals surface area contributed by atoms with E-state index in [1.165, 1.54) is 10.9 Å². The number of hydrogen-bond donors (Lipinski definition) is 1. The minimum Gasteiger partial charge on any atom is -0.358 e. The number of carbonyl (C=O) groups excluding carboxylic acids is 1. The van der Waals surface area contributed by atoms with Crippen LogP contribution in [0.15, 0.2) is 12.4 Å². The molecule has 2 aromatic rings. The molecule has 2 heterocycles. The number of hydrogen-bond acceptors (Lipinski definition) is 5. The summed E-state index contributed by atoms with van der Waals surface area (Å²) in [5.74, 6) is -0.589. The highest BCUT2D eigenvalue weighted by atomic mass is 35.5. The number of nitro groups is 1. The maximum absolute atomic E-state index is 12.1. The third-order valence-electron chi connectivity index (χ3n) is 3.59. The monoisotopic (exact) mass is 354 g/mol. The maximum atomic E-state index is 12.1. The molecule has 0 aliphatic heterocycles. The summed E-state index contributed by atoms with van der Waals surface area (Å²) >= 11 is 5.72. The predicted octanol–water partition coefficient (Wildman–Crippen LogP) is 2.24. The third kappa shape index (κ3) is 4.10. The number of aromatic nitrogens is 4. The molecule has 0 aliphatic carbocycles. The zero-order valence-corrected chi connectivity index (χ0v) is 14.4. The maximum Gasteiger partial charge on any atom is 0.408 e. The first-order valence-corrected chi connectivity index (χ1v) is 7.90. The number of amides is 1. The van der Waals surface area contributed by atoms with Crippen LogP contribution in [0.3, 0.4) is 0 Å². The highest BCUT2D eigenvalue weighted by Gasteiger charge is 2.20. The smallest absolute Gasteiger partial charge is 0.358 e. The molecule has 0 saturated carbocycles. The molecule has 2 aromatic heterocycles. The lowest BCUT2D eigenvalue weighted by Crippen LogP contribution is -2.27. The molecule has 0 fully saturated rings. The van der Waals surface area contributed by atoms with Crippen molar-refractivity contribution in [2.24, 2.45) is 0 Å². The minimum atomic E-state index is -0.658. The first kappa shape index (κ1) is 17.9. The van der Waals surface area contributed by atoms with Crippen molar-refractivity contribution in [3.63, 3.8) is 0 Å². The van der Waals surface area contributed by atoms with E-state index in [1.54, 1.807) is 0 Å². The zero-order valence-electron chi connectivity index (χ0n) is 13.7. The van der Waals surface area contributed by atoms with Gasteiger partial charge < -0.3 is 15.4 Å². The average Bonchev–Trinajstić information content (AvgIpc) is 3.08. The van der Waals surface area contributed by atoms with Gasteiger partial charge in [0.15, 0.2) is 5.02 Å². The molecule has 1 unspecified atom stereocenters. The Morgan fingerprint density at radius 2 is 2.12 bits per heavy atom. The van der Waals surface area contributed by atoms with Crippen LogP contribution in [0.5, 0.6) is 0 Å². The average molecular weight is 355 g/mol. The lowest BCUT2D eigenvalue weighted by atomic mass is 10.1. The van der Waals surface area contributed by atoms with Crippen LogP contribution in [-0.4, -0.2) is 30.4 Å². The minimum absolute atomic E-state index is 0.0450. The molecule has 0 aliphatic rings. The second-order valence-corrected chi connectivity index (χ2v) is 5.79. The summed E-state index contributed by atoms with van der Waals surface area (Å²) in [6.45, 7) is 6.75. The Kier molecular flexibility index (Phi) is 5.55. The number of nitrogens with zero attached hydrogens (tertiary/aromatic N) is 5. The Balaban J connectivity index is 1.92. The van der Waals surface area contributed by atoms with Crippen molar-refractivity contribution in [2.45, 2.75) is 46.3 Å². The lowest BCUT2D eigenvalue weighted by molar-refractivity contribution is -0.389. The van der Waals surface area contributed by atoms with Crippen LogP contribution in [0.1, 0.15) is 37.6 Å². The van der Waals surface area contributed by atoms with Crippen LogP contribution < -0.4 is 5.32 Å². The Labute approximate surface area is 143 Å². The van der Waals surface area contributed by atoms with E-state index < -0.39 is 10.7 Å². The van der Waals surface area contributed by atoms with Crippen LogP contribution in [0.4, 0.5) is 5.82 Å². The second-order valence-electron chi connectivity index (χ2n) is 5.39. The van der Waals surface area contributed by atoms with Crippen LogP contribution in [-0.2, 0) is 17.9 Å². The summed E-state index contributed by atoms with van der Waals surface area (Å²) in [7, 11) is 0.